The van der Waals surface area contributed by atoms with E-state index in [9.17, 15) is 13.2 Å². The van der Waals surface area contributed by atoms with Gasteiger partial charge >= 0.3 is 6.18 Å². The van der Waals surface area contributed by atoms with Crippen molar-refractivity contribution in [1.82, 2.24) is 9.97 Å². The van der Waals surface area contributed by atoms with Gasteiger partial charge < -0.3 is 5.32 Å². The number of nitrogens with zero attached hydrogens (tertiary/aromatic N) is 2. The van der Waals surface area contributed by atoms with Crippen molar-refractivity contribution in [2.45, 2.75) is 19.1 Å². The first-order valence-corrected chi connectivity index (χ1v) is 6.65. The first kappa shape index (κ1) is 15.9. The summed E-state index contributed by atoms with van der Waals surface area (Å²) in [6.07, 6.45) is -4.65. The van der Waals surface area contributed by atoms with Crippen LogP contribution in [0.5, 0.6) is 0 Å². The minimum atomic E-state index is -4.65. The van der Waals surface area contributed by atoms with E-state index in [1.165, 1.54) is 6.07 Å². The van der Waals surface area contributed by atoms with Gasteiger partial charge in [0.25, 0.3) is 0 Å². The molecule has 112 valence electrons. The molecule has 8 heteroatoms. The summed E-state index contributed by atoms with van der Waals surface area (Å²) in [5.41, 5.74) is 0.850. The van der Waals surface area contributed by atoms with Crippen LogP contribution < -0.4 is 5.32 Å². The predicted octanol–water partition coefficient (Wildman–Crippen LogP) is 4.98. The molecule has 1 atom stereocenters. The highest BCUT2D eigenvalue weighted by atomic mass is 35.5. The van der Waals surface area contributed by atoms with Crippen molar-refractivity contribution in [3.63, 3.8) is 0 Å². The number of aromatic nitrogens is 2. The molecule has 21 heavy (non-hydrogen) atoms. The highest BCUT2D eigenvalue weighted by Crippen LogP contribution is 2.29. The maximum Gasteiger partial charge on any atom is 0.451 e. The summed E-state index contributed by atoms with van der Waals surface area (Å²) < 4.78 is 37.9. The Labute approximate surface area is 129 Å². The third-order valence-electron chi connectivity index (χ3n) is 2.68. The van der Waals surface area contributed by atoms with Crippen LogP contribution in [-0.2, 0) is 6.18 Å². The maximum absolute atomic E-state index is 12.6. The molecule has 1 aromatic heterocycles. The molecule has 0 spiro atoms. The molecule has 2 rings (SSSR count). The lowest BCUT2D eigenvalue weighted by atomic mass is 10.1. The first-order valence-electron chi connectivity index (χ1n) is 5.89. The summed E-state index contributed by atoms with van der Waals surface area (Å²) in [5, 5.41) is 3.16. The average molecular weight is 336 g/mol. The lowest BCUT2D eigenvalue weighted by Gasteiger charge is -2.16. The molecule has 0 saturated carbocycles. The highest BCUT2D eigenvalue weighted by Gasteiger charge is 2.35. The van der Waals surface area contributed by atoms with Gasteiger partial charge in [-0.15, -0.1) is 0 Å². The summed E-state index contributed by atoms with van der Waals surface area (Å²) in [5.74, 6) is -1.27. The Kier molecular flexibility index (Phi) is 4.58. The van der Waals surface area contributed by atoms with E-state index in [0.29, 0.717) is 5.02 Å². The number of halogens is 5. The fourth-order valence-electron chi connectivity index (χ4n) is 1.67. The maximum atomic E-state index is 12.6. The Hall–Kier alpha value is -1.53. The summed E-state index contributed by atoms with van der Waals surface area (Å²) in [4.78, 5) is 6.60. The van der Waals surface area contributed by atoms with Crippen LogP contribution in [-0.4, -0.2) is 9.97 Å². The average Bonchev–Trinajstić information content (AvgIpc) is 2.37. The quantitative estimate of drug-likeness (QED) is 0.804. The van der Waals surface area contributed by atoms with Gasteiger partial charge in [0.1, 0.15) is 11.0 Å². The van der Waals surface area contributed by atoms with Gasteiger partial charge in [0.15, 0.2) is 0 Å². The molecule has 2 aromatic rings. The molecule has 0 fully saturated rings. The molecule has 3 nitrogen and oxygen atoms in total. The van der Waals surface area contributed by atoms with Gasteiger partial charge in [0.2, 0.25) is 5.82 Å². The Morgan fingerprint density at radius 1 is 1.10 bits per heavy atom. The van der Waals surface area contributed by atoms with E-state index in [2.05, 4.69) is 15.3 Å². The fraction of sp³-hybridized carbons (Fsp3) is 0.231. The molecule has 1 unspecified atom stereocenters. The number of anilines is 1. The number of nitrogens with one attached hydrogen (secondary N) is 1. The van der Waals surface area contributed by atoms with Gasteiger partial charge in [-0.25, -0.2) is 9.97 Å². The molecule has 1 N–H and O–H groups in total. The standard InChI is InChI=1S/C13H10Cl2F3N3/c1-7(8-2-4-9(14)5-3-8)19-11-6-10(15)20-12(21-11)13(16,17)18/h2-7H,1H3,(H,19,20,21). The molecule has 0 radical (unpaired) electrons. The van der Waals surface area contributed by atoms with Gasteiger partial charge in [0, 0.05) is 17.1 Å². The zero-order valence-corrected chi connectivity index (χ0v) is 12.3. The molecular formula is C13H10Cl2F3N3. The van der Waals surface area contributed by atoms with E-state index < -0.39 is 12.0 Å². The minimum absolute atomic E-state index is 0.00442. The zero-order valence-electron chi connectivity index (χ0n) is 10.7. The third kappa shape index (κ3) is 4.22. The topological polar surface area (TPSA) is 37.8 Å². The summed E-state index contributed by atoms with van der Waals surface area (Å²) >= 11 is 11.4. The largest absolute Gasteiger partial charge is 0.451 e. The number of benzene rings is 1. The van der Waals surface area contributed by atoms with Gasteiger partial charge in [0.05, 0.1) is 0 Å². The summed E-state index contributed by atoms with van der Waals surface area (Å²) in [6, 6.07) is 7.91. The third-order valence-corrected chi connectivity index (χ3v) is 3.13. The van der Waals surface area contributed by atoms with Gasteiger partial charge in [-0.3, -0.25) is 0 Å². The summed E-state index contributed by atoms with van der Waals surface area (Å²) in [7, 11) is 0. The summed E-state index contributed by atoms with van der Waals surface area (Å²) in [6.45, 7) is 1.78. The normalized spacial score (nSPS) is 13.0. The molecule has 0 aliphatic rings. The van der Waals surface area contributed by atoms with Crippen LogP contribution in [0, 0.1) is 0 Å². The molecule has 1 heterocycles. The Balaban J connectivity index is 2.23. The van der Waals surface area contributed by atoms with E-state index >= 15 is 0 Å². The molecule has 0 amide bonds. The molecule has 0 aliphatic heterocycles. The highest BCUT2D eigenvalue weighted by molar-refractivity contribution is 6.30. The van der Waals surface area contributed by atoms with E-state index in [1.54, 1.807) is 31.2 Å². The van der Waals surface area contributed by atoms with Crippen LogP contribution >= 0.6 is 23.2 Å². The first-order chi connectivity index (χ1) is 9.75. The van der Waals surface area contributed by atoms with E-state index in [4.69, 9.17) is 23.2 Å². The molecule has 0 aliphatic carbocycles. The van der Waals surface area contributed by atoms with Crippen molar-refractivity contribution in [2.24, 2.45) is 0 Å². The van der Waals surface area contributed by atoms with Crippen LogP contribution in [0.3, 0.4) is 0 Å². The minimum Gasteiger partial charge on any atom is -0.363 e. The number of hydrogen-bond donors (Lipinski definition) is 1. The SMILES string of the molecule is CC(Nc1cc(Cl)nc(C(F)(F)F)n1)c1ccc(Cl)cc1. The molecular weight excluding hydrogens is 326 g/mol. The van der Waals surface area contributed by atoms with Crippen LogP contribution in [0.15, 0.2) is 30.3 Å². The van der Waals surface area contributed by atoms with Crippen molar-refractivity contribution in [1.29, 1.82) is 0 Å². The van der Waals surface area contributed by atoms with Crippen molar-refractivity contribution in [2.75, 3.05) is 5.32 Å². The van der Waals surface area contributed by atoms with Crippen molar-refractivity contribution < 1.29 is 13.2 Å². The van der Waals surface area contributed by atoms with E-state index in [-0.39, 0.29) is 17.0 Å². The van der Waals surface area contributed by atoms with Gasteiger partial charge in [-0.05, 0) is 24.6 Å². The second-order valence-electron chi connectivity index (χ2n) is 4.31. The Bertz CT molecular complexity index is 630. The predicted molar refractivity (Wildman–Crippen MR) is 75.5 cm³/mol. The number of hydrogen-bond acceptors (Lipinski definition) is 3. The lowest BCUT2D eigenvalue weighted by Crippen LogP contribution is -2.14. The number of rotatable bonds is 3. The number of alkyl halides is 3. The Morgan fingerprint density at radius 2 is 1.71 bits per heavy atom. The van der Waals surface area contributed by atoms with Crippen LogP contribution in [0.2, 0.25) is 10.2 Å². The Morgan fingerprint density at radius 3 is 2.29 bits per heavy atom. The smallest absolute Gasteiger partial charge is 0.363 e. The van der Waals surface area contributed by atoms with Crippen molar-refractivity contribution in [3.8, 4) is 0 Å². The molecule has 0 saturated heterocycles. The van der Waals surface area contributed by atoms with Gasteiger partial charge in [-0.2, -0.15) is 13.2 Å². The zero-order chi connectivity index (χ0) is 15.6. The molecule has 0 bridgehead atoms. The fourth-order valence-corrected chi connectivity index (χ4v) is 1.98. The van der Waals surface area contributed by atoms with Crippen LogP contribution in [0.1, 0.15) is 24.4 Å². The van der Waals surface area contributed by atoms with Crippen molar-refractivity contribution >= 4 is 29.0 Å². The monoisotopic (exact) mass is 335 g/mol. The van der Waals surface area contributed by atoms with Crippen LogP contribution in [0.25, 0.3) is 0 Å². The van der Waals surface area contributed by atoms with E-state index in [1.807, 2.05) is 0 Å². The van der Waals surface area contributed by atoms with E-state index in [0.717, 1.165) is 5.56 Å². The van der Waals surface area contributed by atoms with Crippen molar-refractivity contribution in [3.05, 3.63) is 51.9 Å². The lowest BCUT2D eigenvalue weighted by molar-refractivity contribution is -0.144. The second kappa shape index (κ2) is 6.07. The van der Waals surface area contributed by atoms with Crippen LogP contribution in [0.4, 0.5) is 19.0 Å². The molecule has 1 aromatic carbocycles. The second-order valence-corrected chi connectivity index (χ2v) is 5.14. The van der Waals surface area contributed by atoms with Gasteiger partial charge in [-0.1, -0.05) is 35.3 Å².